The maximum Gasteiger partial charge on any atom is 0.227 e. The Morgan fingerprint density at radius 2 is 2.05 bits per heavy atom. The molecule has 3 aliphatic carbocycles. The van der Waals surface area contributed by atoms with Crippen LogP contribution in [0.15, 0.2) is 28.7 Å². The van der Waals surface area contributed by atoms with Gasteiger partial charge in [-0.2, -0.15) is 10.5 Å². The largest absolute Gasteiger partial charge is 0.438 e. The molecule has 6 heteroatoms. The zero-order valence-electron chi connectivity index (χ0n) is 12.1. The fourth-order valence-electron chi connectivity index (χ4n) is 4.25. The molecule has 6 rings (SSSR count). The second-order valence-electron chi connectivity index (χ2n) is 6.72. The van der Waals surface area contributed by atoms with Crippen LogP contribution in [0.5, 0.6) is 0 Å². The molecule has 0 unspecified atom stereocenters. The van der Waals surface area contributed by atoms with Gasteiger partial charge in [0.15, 0.2) is 5.72 Å². The second kappa shape index (κ2) is 4.44. The van der Waals surface area contributed by atoms with Crippen LogP contribution in [-0.2, 0) is 4.84 Å². The zero-order valence-corrected chi connectivity index (χ0v) is 12.1. The molecule has 2 bridgehead atoms. The number of benzene rings is 1. The van der Waals surface area contributed by atoms with Gasteiger partial charge >= 0.3 is 0 Å². The Hall–Kier alpha value is -1.63. The van der Waals surface area contributed by atoms with Crippen LogP contribution in [0.2, 0.25) is 0 Å². The molecule has 1 aromatic heterocycles. The summed E-state index contributed by atoms with van der Waals surface area (Å²) < 4.78 is 19.0. The molecule has 3 saturated carbocycles. The van der Waals surface area contributed by atoms with E-state index in [1.807, 2.05) is 6.07 Å². The van der Waals surface area contributed by atoms with Crippen molar-refractivity contribution in [3.63, 3.8) is 0 Å². The van der Waals surface area contributed by atoms with Crippen LogP contribution >= 0.6 is 0 Å². The molecule has 1 saturated heterocycles. The van der Waals surface area contributed by atoms with E-state index in [2.05, 4.69) is 11.0 Å². The Bertz CT molecular complexity index is 725. The number of nitrogens with one attached hydrogen (secondary N) is 2. The second-order valence-corrected chi connectivity index (χ2v) is 6.72. The van der Waals surface area contributed by atoms with Crippen molar-refractivity contribution >= 4 is 16.9 Å². The van der Waals surface area contributed by atoms with Crippen molar-refractivity contribution in [3.05, 3.63) is 30.1 Å². The van der Waals surface area contributed by atoms with E-state index < -0.39 is 0 Å². The van der Waals surface area contributed by atoms with Crippen molar-refractivity contribution in [2.45, 2.75) is 37.8 Å². The minimum atomic E-state index is -0.328. The Kier molecular flexibility index (Phi) is 2.60. The van der Waals surface area contributed by atoms with Crippen molar-refractivity contribution in [3.8, 4) is 0 Å². The highest BCUT2D eigenvalue weighted by Crippen LogP contribution is 2.49. The monoisotopic (exact) mass is 303 g/mol. The van der Waals surface area contributed by atoms with Gasteiger partial charge in [0.2, 0.25) is 5.88 Å². The van der Waals surface area contributed by atoms with Gasteiger partial charge in [0, 0.05) is 23.4 Å². The Morgan fingerprint density at radius 3 is 2.82 bits per heavy atom. The first-order valence-electron chi connectivity index (χ1n) is 7.93. The van der Waals surface area contributed by atoms with E-state index >= 15 is 0 Å². The summed E-state index contributed by atoms with van der Waals surface area (Å²) in [6.45, 7) is 0. The highest BCUT2D eigenvalue weighted by molar-refractivity contribution is 5.80. The molecule has 22 heavy (non-hydrogen) atoms. The lowest BCUT2D eigenvalue weighted by Gasteiger charge is -2.47. The lowest BCUT2D eigenvalue weighted by Crippen LogP contribution is -2.57. The molecular formula is C16H18FN3O2. The smallest absolute Gasteiger partial charge is 0.227 e. The van der Waals surface area contributed by atoms with E-state index in [0.717, 1.165) is 17.7 Å². The SMILES string of the molecule is Fc1ccc2cc(N3NO[C@]4(CC5CCC4CC5)N3)oc2c1. The van der Waals surface area contributed by atoms with Crippen molar-refractivity contribution < 1.29 is 13.6 Å². The Labute approximate surface area is 127 Å². The molecule has 2 aromatic rings. The summed E-state index contributed by atoms with van der Waals surface area (Å²) in [4.78, 5) is 5.93. The van der Waals surface area contributed by atoms with Gasteiger partial charge < -0.3 is 4.42 Å². The number of nitrogens with zero attached hydrogens (tertiary/aromatic N) is 1. The van der Waals surface area contributed by atoms with Crippen LogP contribution in [0.4, 0.5) is 10.3 Å². The van der Waals surface area contributed by atoms with E-state index in [9.17, 15) is 4.39 Å². The number of rotatable bonds is 1. The van der Waals surface area contributed by atoms with Crippen LogP contribution < -0.4 is 16.1 Å². The summed E-state index contributed by atoms with van der Waals surface area (Å²) in [7, 11) is 0. The average Bonchev–Trinajstić information content (AvgIpc) is 3.12. The van der Waals surface area contributed by atoms with Gasteiger partial charge in [0.25, 0.3) is 0 Å². The molecule has 0 amide bonds. The maximum absolute atomic E-state index is 13.3. The highest BCUT2D eigenvalue weighted by Gasteiger charge is 2.53. The van der Waals surface area contributed by atoms with Gasteiger partial charge in [-0.25, -0.2) is 4.39 Å². The predicted molar refractivity (Wildman–Crippen MR) is 78.8 cm³/mol. The van der Waals surface area contributed by atoms with E-state index in [0.29, 0.717) is 17.4 Å². The van der Waals surface area contributed by atoms with Gasteiger partial charge in [0.1, 0.15) is 11.4 Å². The summed E-state index contributed by atoms with van der Waals surface area (Å²) >= 11 is 0. The van der Waals surface area contributed by atoms with Crippen LogP contribution in [0, 0.1) is 17.7 Å². The summed E-state index contributed by atoms with van der Waals surface area (Å²) in [5.41, 5.74) is 6.57. The quantitative estimate of drug-likeness (QED) is 0.847. The molecule has 5 nitrogen and oxygen atoms in total. The van der Waals surface area contributed by atoms with Gasteiger partial charge in [-0.05, 0) is 50.2 Å². The van der Waals surface area contributed by atoms with E-state index in [1.165, 1.54) is 37.8 Å². The summed E-state index contributed by atoms with van der Waals surface area (Å²) in [5.74, 6) is 1.55. The normalized spacial score (nSPS) is 34.1. The first-order chi connectivity index (χ1) is 10.7. The van der Waals surface area contributed by atoms with Gasteiger partial charge in [-0.1, -0.05) is 5.59 Å². The van der Waals surface area contributed by atoms with Crippen molar-refractivity contribution in [1.82, 2.24) is 11.0 Å². The molecule has 4 fully saturated rings. The molecule has 1 aromatic carbocycles. The third kappa shape index (κ3) is 1.81. The fourth-order valence-corrected chi connectivity index (χ4v) is 4.25. The van der Waals surface area contributed by atoms with Crippen molar-refractivity contribution in [2.75, 3.05) is 5.12 Å². The molecule has 0 radical (unpaired) electrons. The molecule has 1 aliphatic heterocycles. The molecule has 1 atom stereocenters. The lowest BCUT2D eigenvalue weighted by molar-refractivity contribution is -0.153. The molecule has 4 aliphatic rings. The molecule has 2 N–H and O–H groups in total. The highest BCUT2D eigenvalue weighted by atomic mass is 19.1. The number of furan rings is 1. The first kappa shape index (κ1) is 12.9. The van der Waals surface area contributed by atoms with Crippen LogP contribution in [0.25, 0.3) is 11.0 Å². The zero-order chi connectivity index (χ0) is 14.7. The van der Waals surface area contributed by atoms with E-state index in [4.69, 9.17) is 9.25 Å². The summed E-state index contributed by atoms with van der Waals surface area (Å²) in [6, 6.07) is 6.42. The van der Waals surface area contributed by atoms with E-state index in [-0.39, 0.29) is 11.5 Å². The standard InChI is InChI=1S/C16H18FN3O2/c17-13-6-3-11-7-15(21-14(11)8-13)20-18-16(22-19-20)9-10-1-4-12(16)5-2-10/h3,6-8,10,12,18-19H,1-2,4-5,9H2/t10?,12?,16-/m0/s1. The summed E-state index contributed by atoms with van der Waals surface area (Å²) in [6.07, 6.45) is 6.05. The van der Waals surface area contributed by atoms with Crippen LogP contribution in [0.1, 0.15) is 32.1 Å². The number of fused-ring (bicyclic) bond motifs is 3. The number of halogens is 1. The Morgan fingerprint density at radius 1 is 1.18 bits per heavy atom. The maximum atomic E-state index is 13.3. The van der Waals surface area contributed by atoms with Crippen LogP contribution in [0.3, 0.4) is 0 Å². The number of hydrogen-bond acceptors (Lipinski definition) is 5. The molecule has 2 heterocycles. The number of hydrogen-bond donors (Lipinski definition) is 2. The van der Waals surface area contributed by atoms with Gasteiger partial charge in [0.05, 0.1) is 0 Å². The minimum absolute atomic E-state index is 0.298. The van der Waals surface area contributed by atoms with E-state index in [1.54, 1.807) is 11.2 Å². The molecular weight excluding hydrogens is 285 g/mol. The third-order valence-electron chi connectivity index (χ3n) is 5.41. The minimum Gasteiger partial charge on any atom is -0.438 e. The number of hydrazine groups is 2. The Balaban J connectivity index is 1.44. The van der Waals surface area contributed by atoms with Crippen LogP contribution in [-0.4, -0.2) is 5.72 Å². The van der Waals surface area contributed by atoms with Crippen molar-refractivity contribution in [1.29, 1.82) is 0 Å². The average molecular weight is 303 g/mol. The topological polar surface area (TPSA) is 49.7 Å². The third-order valence-corrected chi connectivity index (χ3v) is 5.41. The molecule has 1 spiro atoms. The van der Waals surface area contributed by atoms with Crippen molar-refractivity contribution in [2.24, 2.45) is 11.8 Å². The fraction of sp³-hybridized carbons (Fsp3) is 0.500. The number of anilines is 1. The first-order valence-corrected chi connectivity index (χ1v) is 7.93. The van der Waals surface area contributed by atoms with Gasteiger partial charge in [-0.15, -0.1) is 0 Å². The van der Waals surface area contributed by atoms with Gasteiger partial charge in [-0.3, -0.25) is 4.84 Å². The lowest BCUT2D eigenvalue weighted by atomic mass is 9.66. The molecule has 116 valence electrons. The summed E-state index contributed by atoms with van der Waals surface area (Å²) in [5, 5.41) is 2.55. The predicted octanol–water partition coefficient (Wildman–Crippen LogP) is 3.24.